The molecule has 250 valence electrons. The predicted octanol–water partition coefficient (Wildman–Crippen LogP) is 6.29. The largest absolute Gasteiger partial charge is 0.487 e. The van der Waals surface area contributed by atoms with Crippen molar-refractivity contribution in [1.82, 2.24) is 4.72 Å². The van der Waals surface area contributed by atoms with Crippen molar-refractivity contribution < 1.29 is 27.8 Å². The fraction of sp³-hybridized carbons (Fsp3) is 0.583. The van der Waals surface area contributed by atoms with E-state index >= 15 is 0 Å². The van der Waals surface area contributed by atoms with E-state index in [1.165, 1.54) is 5.56 Å². The molecule has 2 N–H and O–H groups in total. The number of hydrogen-bond acceptors (Lipinski definition) is 7. The van der Waals surface area contributed by atoms with Crippen LogP contribution in [0, 0.1) is 23.7 Å². The van der Waals surface area contributed by atoms with Gasteiger partial charge in [0.25, 0.3) is 5.91 Å². The molecule has 0 radical (unpaired) electrons. The number of aliphatic hydroxyl groups is 1. The predicted molar refractivity (Wildman–Crippen MR) is 181 cm³/mol. The molecule has 46 heavy (non-hydrogen) atoms. The number of nitrogens with one attached hydrogen (secondary N) is 1. The minimum atomic E-state index is -4.01. The normalized spacial score (nSPS) is 29.9. The number of carbonyl (C=O) groups is 1. The third-order valence-electron chi connectivity index (χ3n) is 10.6. The average molecular weight is 671 g/mol. The molecule has 10 heteroatoms. The molecule has 8 nitrogen and oxygen atoms in total. The monoisotopic (exact) mass is 670 g/mol. The van der Waals surface area contributed by atoms with Crippen LogP contribution in [0.4, 0.5) is 5.69 Å². The first-order valence-electron chi connectivity index (χ1n) is 17.0. The quantitative estimate of drug-likeness (QED) is 0.362. The summed E-state index contributed by atoms with van der Waals surface area (Å²) >= 11 is 6.33. The van der Waals surface area contributed by atoms with E-state index in [4.69, 9.17) is 21.1 Å². The van der Waals surface area contributed by atoms with Crippen LogP contribution in [-0.4, -0.2) is 57.1 Å². The number of hydrogen-bond donors (Lipinski definition) is 2. The van der Waals surface area contributed by atoms with E-state index in [-0.39, 0.29) is 29.2 Å². The summed E-state index contributed by atoms with van der Waals surface area (Å²) in [6, 6.07) is 11.1. The van der Waals surface area contributed by atoms with Gasteiger partial charge in [-0.15, -0.1) is 0 Å². The molecule has 3 heterocycles. The Hall–Kier alpha value is -2.59. The zero-order valence-corrected chi connectivity index (χ0v) is 28.3. The van der Waals surface area contributed by atoms with Crippen LogP contribution in [0.1, 0.15) is 79.8 Å². The number of allylic oxidation sites excluding steroid dienone is 1. The molecule has 0 spiro atoms. The molecule has 1 saturated heterocycles. The Labute approximate surface area is 278 Å². The van der Waals surface area contributed by atoms with Crippen molar-refractivity contribution in [2.75, 3.05) is 31.2 Å². The highest BCUT2D eigenvalue weighted by Crippen LogP contribution is 2.41. The molecule has 2 fully saturated rings. The highest BCUT2D eigenvalue weighted by Gasteiger charge is 2.38. The molecule has 6 rings (SSSR count). The number of aliphatic hydroxyl groups excluding tert-OH is 1. The molecule has 5 atom stereocenters. The summed E-state index contributed by atoms with van der Waals surface area (Å²) in [7, 11) is -4.01. The van der Waals surface area contributed by atoms with E-state index in [2.05, 4.69) is 9.62 Å². The molecular formula is C36H47ClN2O6S. The second-order valence-electron chi connectivity index (χ2n) is 13.7. The van der Waals surface area contributed by atoms with Crippen molar-refractivity contribution in [2.45, 2.75) is 82.7 Å². The summed E-state index contributed by atoms with van der Waals surface area (Å²) in [6.45, 7) is 5.00. The lowest BCUT2D eigenvalue weighted by Crippen LogP contribution is -2.44. The minimum Gasteiger partial charge on any atom is -0.487 e. The molecule has 1 amide bonds. The van der Waals surface area contributed by atoms with Crippen LogP contribution in [0.2, 0.25) is 5.02 Å². The van der Waals surface area contributed by atoms with Crippen molar-refractivity contribution in [3.05, 3.63) is 70.3 Å². The zero-order chi connectivity index (χ0) is 32.3. The maximum absolute atomic E-state index is 13.9. The number of aryl methyl sites for hydroxylation is 1. The Morgan fingerprint density at radius 1 is 1.04 bits per heavy atom. The third-order valence-corrected chi connectivity index (χ3v) is 12.8. The Morgan fingerprint density at radius 3 is 2.65 bits per heavy atom. The van der Waals surface area contributed by atoms with Gasteiger partial charge in [0.15, 0.2) is 0 Å². The van der Waals surface area contributed by atoms with E-state index in [0.29, 0.717) is 43.4 Å². The lowest BCUT2D eigenvalue weighted by Gasteiger charge is -2.42. The minimum absolute atomic E-state index is 0.127. The van der Waals surface area contributed by atoms with Gasteiger partial charge < -0.3 is 19.5 Å². The van der Waals surface area contributed by atoms with Gasteiger partial charge in [-0.1, -0.05) is 36.7 Å². The number of anilines is 1. The van der Waals surface area contributed by atoms with E-state index in [1.54, 1.807) is 18.2 Å². The summed E-state index contributed by atoms with van der Waals surface area (Å²) in [5.74, 6) is 0.408. The fourth-order valence-electron chi connectivity index (χ4n) is 7.60. The molecular weight excluding hydrogens is 624 g/mol. The highest BCUT2D eigenvalue weighted by molar-refractivity contribution is 7.90. The van der Waals surface area contributed by atoms with Gasteiger partial charge >= 0.3 is 0 Å². The topological polar surface area (TPSA) is 105 Å². The molecule has 2 aromatic carbocycles. The van der Waals surface area contributed by atoms with Crippen LogP contribution in [0.25, 0.3) is 0 Å². The molecule has 4 aliphatic rings. The highest BCUT2D eigenvalue weighted by atomic mass is 35.5. The number of ether oxygens (including phenoxy) is 2. The van der Waals surface area contributed by atoms with Crippen LogP contribution in [0.3, 0.4) is 0 Å². The van der Waals surface area contributed by atoms with E-state index in [9.17, 15) is 18.3 Å². The van der Waals surface area contributed by atoms with Gasteiger partial charge in [0.05, 0.1) is 17.0 Å². The van der Waals surface area contributed by atoms with Gasteiger partial charge in [-0.3, -0.25) is 4.79 Å². The van der Waals surface area contributed by atoms with Gasteiger partial charge in [0.1, 0.15) is 12.4 Å². The smallest absolute Gasteiger partial charge is 0.264 e. The molecule has 1 saturated carbocycles. The number of fused-ring (bicyclic) bond motifs is 3. The number of nitrogens with zero attached hydrogens (tertiary/aromatic N) is 1. The Morgan fingerprint density at radius 2 is 1.87 bits per heavy atom. The van der Waals surface area contributed by atoms with Gasteiger partial charge in [-0.2, -0.15) is 0 Å². The standard InChI is InChI=1S/C36H47ClN2O6S/c1-24-5-4-7-33(40)31-12-9-28(31)22-39-16-3-2-6-26-20-30(37)11-8-29(26)23-45-34-13-10-27(21-32(34)39)36(41)38-46(42,43)35(24)19-25-14-17-44-18-15-25/h4,7-8,10-11,13,20-21,24-25,28,31,33,35,40H,2-3,5-6,9,12,14-19,22-23H2,1H3,(H,38,41)/b7-4+/t24-,28-,31-,33-,35-/m0/s1. The SMILES string of the molecule is C[C@H]1C/C=C/[C@H](O)[C@H]2CC[C@H]2CN2CCCCc3cc(Cl)ccc3COc3ccc(cc32)C(=O)NS(=O)(=O)[C@H]1CC1CCOCC1. The number of carbonyl (C=O) groups excluding carboxylic acids is 1. The molecule has 1 aliphatic carbocycles. The molecule has 0 unspecified atom stereocenters. The first-order chi connectivity index (χ1) is 22.2. The average Bonchev–Trinajstić information content (AvgIpc) is 3.04. The fourth-order valence-corrected chi connectivity index (χ4v) is 9.57. The number of rotatable bonds is 2. The second kappa shape index (κ2) is 14.7. The lowest BCUT2D eigenvalue weighted by atomic mass is 9.70. The maximum atomic E-state index is 13.9. The van der Waals surface area contributed by atoms with E-state index in [0.717, 1.165) is 69.3 Å². The van der Waals surface area contributed by atoms with Crippen molar-refractivity contribution >= 4 is 33.2 Å². The van der Waals surface area contributed by atoms with Crippen molar-refractivity contribution in [3.8, 4) is 5.75 Å². The Balaban J connectivity index is 1.36. The summed E-state index contributed by atoms with van der Waals surface area (Å²) < 4.78 is 42.3. The van der Waals surface area contributed by atoms with Crippen molar-refractivity contribution in [3.63, 3.8) is 0 Å². The van der Waals surface area contributed by atoms with Crippen LogP contribution < -0.4 is 14.4 Å². The molecule has 0 aromatic heterocycles. The first-order valence-corrected chi connectivity index (χ1v) is 18.9. The number of sulfonamides is 1. The van der Waals surface area contributed by atoms with Gasteiger partial charge in [-0.25, -0.2) is 13.1 Å². The Bertz CT molecular complexity index is 1520. The number of halogens is 1. The number of amides is 1. The van der Waals surface area contributed by atoms with Gasteiger partial charge in [0.2, 0.25) is 10.0 Å². The summed E-state index contributed by atoms with van der Waals surface area (Å²) in [5, 5.41) is 11.2. The molecule has 2 bridgehead atoms. The zero-order valence-electron chi connectivity index (χ0n) is 26.7. The Kier molecular flexibility index (Phi) is 10.6. The van der Waals surface area contributed by atoms with Crippen LogP contribution in [0.15, 0.2) is 48.6 Å². The maximum Gasteiger partial charge on any atom is 0.264 e. The first kappa shape index (κ1) is 33.3. The lowest BCUT2D eigenvalue weighted by molar-refractivity contribution is 0.0460. The van der Waals surface area contributed by atoms with Crippen LogP contribution in [-0.2, 0) is 27.8 Å². The van der Waals surface area contributed by atoms with E-state index in [1.807, 2.05) is 37.3 Å². The molecule has 3 aliphatic heterocycles. The second-order valence-corrected chi connectivity index (χ2v) is 16.1. The molecule has 2 aromatic rings. The van der Waals surface area contributed by atoms with E-state index < -0.39 is 27.3 Å². The van der Waals surface area contributed by atoms with Crippen LogP contribution in [0.5, 0.6) is 5.75 Å². The third kappa shape index (κ3) is 7.75. The summed E-state index contributed by atoms with van der Waals surface area (Å²) in [5.41, 5.74) is 3.31. The summed E-state index contributed by atoms with van der Waals surface area (Å²) in [4.78, 5) is 16.0. The van der Waals surface area contributed by atoms with Gasteiger partial charge in [0, 0.05) is 36.9 Å². The van der Waals surface area contributed by atoms with Crippen molar-refractivity contribution in [1.29, 1.82) is 0 Å². The van der Waals surface area contributed by atoms with Crippen molar-refractivity contribution in [2.24, 2.45) is 23.7 Å². The van der Waals surface area contributed by atoms with Crippen LogP contribution >= 0.6 is 11.6 Å². The number of benzene rings is 2. The van der Waals surface area contributed by atoms with Gasteiger partial charge in [-0.05, 0) is 123 Å². The summed E-state index contributed by atoms with van der Waals surface area (Å²) in [6.07, 6.45) is 10.5.